The largest absolute Gasteiger partial charge is 0.235 e. The number of aryl methyl sites for hydroxylation is 1. The summed E-state index contributed by atoms with van der Waals surface area (Å²) in [6.07, 6.45) is 0. The molecule has 5 rings (SSSR count). The second kappa shape index (κ2) is 7.46. The van der Waals surface area contributed by atoms with E-state index in [9.17, 15) is 4.39 Å². The van der Waals surface area contributed by atoms with Gasteiger partial charge in [-0.25, -0.2) is 4.39 Å². The van der Waals surface area contributed by atoms with Gasteiger partial charge in [0.1, 0.15) is 10.8 Å². The monoisotopic (exact) mass is 414 g/mol. The van der Waals surface area contributed by atoms with Gasteiger partial charge in [-0.2, -0.15) is 9.61 Å². The van der Waals surface area contributed by atoms with Gasteiger partial charge in [0, 0.05) is 17.0 Å². The van der Waals surface area contributed by atoms with Crippen LogP contribution in [0.2, 0.25) is 0 Å². The molecule has 0 fully saturated rings. The number of hydrogen-bond acceptors (Lipinski definition) is 4. The molecule has 0 bridgehead atoms. The molecule has 0 aliphatic rings. The quantitative estimate of drug-likeness (QED) is 0.356. The van der Waals surface area contributed by atoms with Crippen molar-refractivity contribution in [1.82, 2.24) is 19.8 Å². The van der Waals surface area contributed by atoms with Gasteiger partial charge in [-0.3, -0.25) is 0 Å². The predicted octanol–water partition coefficient (Wildman–Crippen LogP) is 6.12. The van der Waals surface area contributed by atoms with Crippen LogP contribution < -0.4 is 0 Å². The number of hydrogen-bond donors (Lipinski definition) is 0. The topological polar surface area (TPSA) is 43.1 Å². The lowest BCUT2D eigenvalue weighted by atomic mass is 9.96. The molecule has 1 unspecified atom stereocenters. The minimum absolute atomic E-state index is 0.146. The van der Waals surface area contributed by atoms with Crippen molar-refractivity contribution in [1.29, 1.82) is 0 Å². The van der Waals surface area contributed by atoms with Crippen LogP contribution in [0.4, 0.5) is 4.39 Å². The fourth-order valence-electron chi connectivity index (χ4n) is 3.52. The maximum Gasteiger partial charge on any atom is 0.235 e. The van der Waals surface area contributed by atoms with Crippen LogP contribution in [0.3, 0.4) is 0 Å². The van der Waals surface area contributed by atoms with E-state index < -0.39 is 0 Å². The summed E-state index contributed by atoms with van der Waals surface area (Å²) in [5.74, 6) is 0.309. The van der Waals surface area contributed by atoms with Gasteiger partial charge in [0.2, 0.25) is 4.96 Å². The molecule has 5 aromatic rings. The van der Waals surface area contributed by atoms with E-state index in [1.165, 1.54) is 16.9 Å². The van der Waals surface area contributed by atoms with E-state index in [1.807, 2.05) is 49.4 Å². The molecule has 3 aromatic carbocycles. The molecule has 0 aliphatic heterocycles. The van der Waals surface area contributed by atoms with Crippen LogP contribution >= 0.6 is 11.3 Å². The average molecular weight is 415 g/mol. The molecule has 2 aromatic heterocycles. The molecule has 6 heteroatoms. The summed E-state index contributed by atoms with van der Waals surface area (Å²) >= 11 is 1.50. The lowest BCUT2D eigenvalue weighted by Crippen LogP contribution is -2.04. The number of aromatic nitrogens is 4. The number of rotatable bonds is 4. The number of nitrogens with zero attached hydrogens (tertiary/aromatic N) is 4. The third-order valence-electron chi connectivity index (χ3n) is 5.28. The van der Waals surface area contributed by atoms with Crippen LogP contribution in [-0.2, 0) is 0 Å². The van der Waals surface area contributed by atoms with Crippen LogP contribution in [0.5, 0.6) is 0 Å². The van der Waals surface area contributed by atoms with E-state index in [0.717, 1.165) is 26.7 Å². The maximum absolute atomic E-state index is 14.9. The molecule has 30 heavy (non-hydrogen) atoms. The second-order valence-electron chi connectivity index (χ2n) is 7.35. The highest BCUT2D eigenvalue weighted by Crippen LogP contribution is 2.31. The van der Waals surface area contributed by atoms with Crippen molar-refractivity contribution in [2.24, 2.45) is 0 Å². The van der Waals surface area contributed by atoms with Gasteiger partial charge in [-0.15, -0.1) is 10.2 Å². The SMILES string of the molecule is Cc1ccc(-c2nn3c(C(C)c4ccc(-c5ccccc5)c(F)c4)nnc3s2)cc1. The highest BCUT2D eigenvalue weighted by Gasteiger charge is 2.20. The summed E-state index contributed by atoms with van der Waals surface area (Å²) in [5.41, 5.74) is 4.55. The zero-order chi connectivity index (χ0) is 20.7. The van der Waals surface area contributed by atoms with E-state index in [1.54, 1.807) is 10.6 Å². The maximum atomic E-state index is 14.9. The smallest absolute Gasteiger partial charge is 0.206 e. The van der Waals surface area contributed by atoms with Crippen LogP contribution in [0, 0.1) is 12.7 Å². The molecule has 0 saturated carbocycles. The molecule has 0 amide bonds. The first-order valence-electron chi connectivity index (χ1n) is 9.74. The van der Waals surface area contributed by atoms with E-state index in [2.05, 4.69) is 41.4 Å². The predicted molar refractivity (Wildman–Crippen MR) is 118 cm³/mol. The zero-order valence-electron chi connectivity index (χ0n) is 16.6. The Morgan fingerprint density at radius 2 is 1.67 bits per heavy atom. The molecule has 0 aliphatic carbocycles. The van der Waals surface area contributed by atoms with Crippen molar-refractivity contribution in [2.45, 2.75) is 19.8 Å². The summed E-state index contributed by atoms with van der Waals surface area (Å²) < 4.78 is 16.6. The molecule has 0 radical (unpaired) electrons. The van der Waals surface area contributed by atoms with Gasteiger partial charge >= 0.3 is 0 Å². The molecular weight excluding hydrogens is 395 g/mol. The Morgan fingerprint density at radius 3 is 2.40 bits per heavy atom. The van der Waals surface area contributed by atoms with Gasteiger partial charge < -0.3 is 0 Å². The Bertz CT molecular complexity index is 1320. The number of benzene rings is 3. The van der Waals surface area contributed by atoms with Crippen molar-refractivity contribution in [3.05, 3.63) is 95.6 Å². The highest BCUT2D eigenvalue weighted by molar-refractivity contribution is 7.19. The lowest BCUT2D eigenvalue weighted by Gasteiger charge is -2.11. The Hall–Kier alpha value is -3.38. The van der Waals surface area contributed by atoms with E-state index in [0.29, 0.717) is 11.4 Å². The van der Waals surface area contributed by atoms with Crippen molar-refractivity contribution in [3.63, 3.8) is 0 Å². The Kier molecular flexibility index (Phi) is 4.64. The third-order valence-corrected chi connectivity index (χ3v) is 6.23. The first kappa shape index (κ1) is 18.6. The first-order chi connectivity index (χ1) is 14.6. The van der Waals surface area contributed by atoms with Crippen LogP contribution in [0.25, 0.3) is 26.7 Å². The van der Waals surface area contributed by atoms with Crippen LogP contribution in [-0.4, -0.2) is 19.8 Å². The zero-order valence-corrected chi connectivity index (χ0v) is 17.4. The highest BCUT2D eigenvalue weighted by atomic mass is 32.1. The Labute approximate surface area is 177 Å². The average Bonchev–Trinajstić information content (AvgIpc) is 3.35. The van der Waals surface area contributed by atoms with Crippen molar-refractivity contribution >= 4 is 16.3 Å². The summed E-state index contributed by atoms with van der Waals surface area (Å²) in [7, 11) is 0. The van der Waals surface area contributed by atoms with Gasteiger partial charge in [0.25, 0.3) is 0 Å². The fraction of sp³-hybridized carbons (Fsp3) is 0.125. The standard InChI is InChI=1S/C24H19FN4S/c1-15-8-10-18(11-9-15)23-28-29-22(26-27-24(29)30-23)16(2)19-12-13-20(21(25)14-19)17-6-4-3-5-7-17/h3-14,16H,1-2H3. The molecule has 4 nitrogen and oxygen atoms in total. The number of halogens is 1. The molecule has 2 heterocycles. The molecular formula is C24H19FN4S. The van der Waals surface area contributed by atoms with Gasteiger partial charge in [0.15, 0.2) is 5.82 Å². The Balaban J connectivity index is 1.49. The summed E-state index contributed by atoms with van der Waals surface area (Å²) in [6, 6.07) is 23.2. The molecule has 0 spiro atoms. The third kappa shape index (κ3) is 3.29. The molecule has 0 N–H and O–H groups in total. The van der Waals surface area contributed by atoms with Gasteiger partial charge in [-0.1, -0.05) is 90.6 Å². The lowest BCUT2D eigenvalue weighted by molar-refractivity contribution is 0.626. The van der Waals surface area contributed by atoms with Crippen molar-refractivity contribution in [2.75, 3.05) is 0 Å². The fourth-order valence-corrected chi connectivity index (χ4v) is 4.37. The molecule has 1 atom stereocenters. The van der Waals surface area contributed by atoms with Crippen molar-refractivity contribution in [3.8, 4) is 21.7 Å². The summed E-state index contributed by atoms with van der Waals surface area (Å²) in [6.45, 7) is 4.06. The minimum atomic E-state index is -0.245. The first-order valence-corrected chi connectivity index (χ1v) is 10.6. The van der Waals surface area contributed by atoms with Crippen LogP contribution in [0.15, 0.2) is 72.8 Å². The Morgan fingerprint density at radius 1 is 0.900 bits per heavy atom. The van der Waals surface area contributed by atoms with Crippen molar-refractivity contribution < 1.29 is 4.39 Å². The van der Waals surface area contributed by atoms with Crippen LogP contribution in [0.1, 0.15) is 29.8 Å². The number of fused-ring (bicyclic) bond motifs is 1. The minimum Gasteiger partial charge on any atom is -0.206 e. The van der Waals surface area contributed by atoms with E-state index in [4.69, 9.17) is 5.10 Å². The molecule has 148 valence electrons. The normalized spacial score (nSPS) is 12.4. The van der Waals surface area contributed by atoms with E-state index in [-0.39, 0.29) is 11.7 Å². The second-order valence-corrected chi connectivity index (χ2v) is 8.31. The molecule has 0 saturated heterocycles. The summed E-state index contributed by atoms with van der Waals surface area (Å²) in [4.78, 5) is 0.730. The van der Waals surface area contributed by atoms with Gasteiger partial charge in [-0.05, 0) is 24.1 Å². The van der Waals surface area contributed by atoms with Gasteiger partial charge in [0.05, 0.1) is 0 Å². The summed E-state index contributed by atoms with van der Waals surface area (Å²) in [5, 5.41) is 14.2. The van der Waals surface area contributed by atoms with E-state index >= 15 is 0 Å².